The van der Waals surface area contributed by atoms with Crippen LogP contribution in [0.2, 0.25) is 0 Å². The molecule has 0 spiro atoms. The maximum Gasteiger partial charge on any atom is 0.260 e. The van der Waals surface area contributed by atoms with Gasteiger partial charge in [-0.15, -0.1) is 0 Å². The number of thiazole rings is 1. The molecule has 11 nitrogen and oxygen atoms in total. The molecule has 0 aliphatic carbocycles. The Labute approximate surface area is 245 Å². The summed E-state index contributed by atoms with van der Waals surface area (Å²) in [5.74, 6) is 0.457. The first-order chi connectivity index (χ1) is 19.9. The van der Waals surface area contributed by atoms with E-state index >= 15 is 0 Å². The lowest BCUT2D eigenvalue weighted by Gasteiger charge is -2.27. The molecule has 0 atom stereocenters. The Morgan fingerprint density at radius 2 is 1.68 bits per heavy atom. The molecule has 0 radical (unpaired) electrons. The summed E-state index contributed by atoms with van der Waals surface area (Å²) in [4.78, 5) is 22.7. The smallest absolute Gasteiger partial charge is 0.260 e. The van der Waals surface area contributed by atoms with Gasteiger partial charge in [-0.1, -0.05) is 11.3 Å². The minimum Gasteiger partial charge on any atom is -0.497 e. The third-order valence-electron chi connectivity index (χ3n) is 6.85. The number of anilines is 1. The minimum absolute atomic E-state index is 0.104. The Balaban J connectivity index is 1.57. The molecule has 4 rings (SSSR count). The number of carbonyl (C=O) groups excluding carboxylic acids is 1. The fraction of sp³-hybridized carbons (Fsp3) is 0.500. The number of hydrogen-bond donors (Lipinski definition) is 0. The Bertz CT molecular complexity index is 1370. The van der Waals surface area contributed by atoms with E-state index in [4.69, 9.17) is 23.9 Å². The standard InChI is InChI=1S/C28H38N4O7S2/c1-36-17-15-31(16-18-37-2)41(34,35)24-8-5-22(6-9-24)27(33)32(12-4-11-30-13-19-39-20-14-30)28-29-25-21-23(38-3)7-10-26(25)40-28/h5-10,21H,4,11-20H2,1-3H3. The second-order valence-electron chi connectivity index (χ2n) is 9.51. The molecule has 0 N–H and O–H groups in total. The minimum atomic E-state index is -3.80. The van der Waals surface area contributed by atoms with Crippen LogP contribution in [-0.2, 0) is 24.2 Å². The van der Waals surface area contributed by atoms with Gasteiger partial charge < -0.3 is 18.9 Å². The third-order valence-corrected chi connectivity index (χ3v) is 9.82. The maximum absolute atomic E-state index is 13.8. The van der Waals surface area contributed by atoms with Gasteiger partial charge >= 0.3 is 0 Å². The molecule has 0 bridgehead atoms. The molecular formula is C28H38N4O7S2. The number of rotatable bonds is 15. The van der Waals surface area contributed by atoms with Crippen molar-refractivity contribution in [1.29, 1.82) is 0 Å². The zero-order chi connectivity index (χ0) is 29.2. The Hall–Kier alpha value is -2.65. The van der Waals surface area contributed by atoms with E-state index in [0.29, 0.717) is 36.2 Å². The summed E-state index contributed by atoms with van der Waals surface area (Å²) < 4.78 is 49.9. The van der Waals surface area contributed by atoms with Crippen molar-refractivity contribution in [1.82, 2.24) is 14.2 Å². The number of ether oxygens (including phenoxy) is 4. The van der Waals surface area contributed by atoms with Crippen LogP contribution in [0.25, 0.3) is 10.2 Å². The Morgan fingerprint density at radius 1 is 1.00 bits per heavy atom. The van der Waals surface area contributed by atoms with Crippen molar-refractivity contribution >= 4 is 42.6 Å². The number of fused-ring (bicyclic) bond motifs is 1. The fourth-order valence-corrected chi connectivity index (χ4v) is 6.89. The fourth-order valence-electron chi connectivity index (χ4n) is 4.51. The molecule has 1 amide bonds. The molecule has 0 saturated carbocycles. The molecule has 3 aromatic rings. The molecule has 1 saturated heterocycles. The van der Waals surface area contributed by atoms with Crippen LogP contribution in [0.1, 0.15) is 16.8 Å². The number of benzene rings is 2. The van der Waals surface area contributed by atoms with Gasteiger partial charge in [0.15, 0.2) is 5.13 Å². The van der Waals surface area contributed by atoms with Crippen molar-refractivity contribution in [3.63, 3.8) is 0 Å². The highest BCUT2D eigenvalue weighted by molar-refractivity contribution is 7.89. The summed E-state index contributed by atoms with van der Waals surface area (Å²) in [5, 5.41) is 0.585. The number of morpholine rings is 1. The van der Waals surface area contributed by atoms with Crippen LogP contribution in [-0.4, -0.2) is 116 Å². The number of aromatic nitrogens is 1. The van der Waals surface area contributed by atoms with Crippen molar-refractivity contribution in [2.45, 2.75) is 11.3 Å². The van der Waals surface area contributed by atoms with Gasteiger partial charge in [0.05, 0.1) is 48.6 Å². The van der Waals surface area contributed by atoms with Gasteiger partial charge in [0.2, 0.25) is 10.0 Å². The second-order valence-corrected chi connectivity index (χ2v) is 12.5. The van der Waals surface area contributed by atoms with E-state index in [1.165, 1.54) is 42.0 Å². The highest BCUT2D eigenvalue weighted by Gasteiger charge is 2.26. The zero-order valence-corrected chi connectivity index (χ0v) is 25.4. The molecule has 0 unspecified atom stereocenters. The van der Waals surface area contributed by atoms with E-state index in [2.05, 4.69) is 4.90 Å². The van der Waals surface area contributed by atoms with Gasteiger partial charge in [0.1, 0.15) is 5.75 Å². The van der Waals surface area contributed by atoms with Crippen LogP contribution in [0.5, 0.6) is 5.75 Å². The van der Waals surface area contributed by atoms with Crippen molar-refractivity contribution in [3.8, 4) is 5.75 Å². The van der Waals surface area contributed by atoms with Gasteiger partial charge in [-0.25, -0.2) is 13.4 Å². The number of nitrogens with zero attached hydrogens (tertiary/aromatic N) is 4. The normalized spacial score (nSPS) is 14.5. The summed E-state index contributed by atoms with van der Waals surface area (Å²) in [6.07, 6.45) is 0.755. The molecule has 2 aromatic carbocycles. The van der Waals surface area contributed by atoms with E-state index in [1.807, 2.05) is 18.2 Å². The van der Waals surface area contributed by atoms with Crippen LogP contribution in [0, 0.1) is 0 Å². The monoisotopic (exact) mass is 606 g/mol. The first-order valence-electron chi connectivity index (χ1n) is 13.5. The number of sulfonamides is 1. The summed E-state index contributed by atoms with van der Waals surface area (Å²) in [7, 11) is 0.853. The number of methoxy groups -OCH3 is 3. The predicted octanol–water partition coefficient (Wildman–Crippen LogP) is 2.96. The predicted molar refractivity (Wildman–Crippen MR) is 159 cm³/mol. The number of carbonyl (C=O) groups is 1. The lowest BCUT2D eigenvalue weighted by Crippen LogP contribution is -2.39. The largest absolute Gasteiger partial charge is 0.497 e. The molecular weight excluding hydrogens is 568 g/mol. The first kappa shape index (κ1) is 31.3. The van der Waals surface area contributed by atoms with Gasteiger partial charge in [-0.2, -0.15) is 4.31 Å². The highest BCUT2D eigenvalue weighted by Crippen LogP contribution is 2.32. The molecule has 1 aliphatic rings. The quantitative estimate of drug-likeness (QED) is 0.258. The molecule has 1 aromatic heterocycles. The summed E-state index contributed by atoms with van der Waals surface area (Å²) in [5.41, 5.74) is 1.14. The third kappa shape index (κ3) is 8.01. The van der Waals surface area contributed by atoms with Gasteiger partial charge in [0, 0.05) is 65.1 Å². The number of hydrogen-bond acceptors (Lipinski definition) is 10. The first-order valence-corrected chi connectivity index (χ1v) is 15.8. The Kier molecular flexibility index (Phi) is 11.5. The van der Waals surface area contributed by atoms with Crippen molar-refractivity contribution < 1.29 is 32.2 Å². The van der Waals surface area contributed by atoms with Crippen LogP contribution < -0.4 is 9.64 Å². The van der Waals surface area contributed by atoms with Gasteiger partial charge in [-0.3, -0.25) is 14.6 Å². The maximum atomic E-state index is 13.8. The van der Waals surface area contributed by atoms with Crippen molar-refractivity contribution in [2.24, 2.45) is 0 Å². The van der Waals surface area contributed by atoms with Crippen LogP contribution in [0.15, 0.2) is 47.4 Å². The summed E-state index contributed by atoms with van der Waals surface area (Å²) >= 11 is 1.44. The lowest BCUT2D eigenvalue weighted by atomic mass is 10.2. The van der Waals surface area contributed by atoms with Gasteiger partial charge in [0.25, 0.3) is 5.91 Å². The molecule has 224 valence electrons. The highest BCUT2D eigenvalue weighted by atomic mass is 32.2. The molecule has 1 aliphatic heterocycles. The zero-order valence-electron chi connectivity index (χ0n) is 23.8. The average molecular weight is 607 g/mol. The SMILES string of the molecule is COCCN(CCOC)S(=O)(=O)c1ccc(C(=O)N(CCCN2CCOCC2)c2nc3cc(OC)ccc3s2)cc1. The lowest BCUT2D eigenvalue weighted by molar-refractivity contribution is 0.0376. The van der Waals surface area contributed by atoms with Gasteiger partial charge in [-0.05, 0) is 42.8 Å². The van der Waals surface area contributed by atoms with Crippen LogP contribution in [0.3, 0.4) is 0 Å². The van der Waals surface area contributed by atoms with E-state index < -0.39 is 10.0 Å². The van der Waals surface area contributed by atoms with Crippen molar-refractivity contribution in [2.75, 3.05) is 91.9 Å². The topological polar surface area (TPSA) is 111 Å². The van der Waals surface area contributed by atoms with E-state index in [9.17, 15) is 13.2 Å². The van der Waals surface area contributed by atoms with Crippen LogP contribution in [0.4, 0.5) is 5.13 Å². The average Bonchev–Trinajstić information content (AvgIpc) is 3.42. The summed E-state index contributed by atoms with van der Waals surface area (Å²) in [6.45, 7) is 5.38. The second kappa shape index (κ2) is 15.0. The molecule has 13 heteroatoms. The molecule has 41 heavy (non-hydrogen) atoms. The van der Waals surface area contributed by atoms with E-state index in [0.717, 1.165) is 36.3 Å². The summed E-state index contributed by atoms with van der Waals surface area (Å²) in [6, 6.07) is 11.7. The van der Waals surface area contributed by atoms with E-state index in [-0.39, 0.29) is 37.1 Å². The molecule has 2 heterocycles. The molecule has 1 fully saturated rings. The van der Waals surface area contributed by atoms with Crippen LogP contribution >= 0.6 is 11.3 Å². The van der Waals surface area contributed by atoms with Crippen molar-refractivity contribution in [3.05, 3.63) is 48.0 Å². The Morgan fingerprint density at radius 3 is 2.32 bits per heavy atom. The van der Waals surface area contributed by atoms with E-state index in [1.54, 1.807) is 24.1 Å². The number of amides is 1.